The summed E-state index contributed by atoms with van der Waals surface area (Å²) in [6, 6.07) is 2.64. The van der Waals surface area contributed by atoms with Gasteiger partial charge in [-0.1, -0.05) is 12.2 Å². The number of anilines is 1. The molecule has 1 aliphatic rings. The summed E-state index contributed by atoms with van der Waals surface area (Å²) in [5, 5.41) is 0.996. The van der Waals surface area contributed by atoms with Gasteiger partial charge in [-0.25, -0.2) is 9.97 Å². The third-order valence-corrected chi connectivity index (χ3v) is 3.56. The van der Waals surface area contributed by atoms with Crippen LogP contribution in [0.3, 0.4) is 0 Å². The molecule has 0 amide bonds. The molecule has 1 aromatic rings. The van der Waals surface area contributed by atoms with Crippen molar-refractivity contribution >= 4 is 34.8 Å². The third-order valence-electron chi connectivity index (χ3n) is 2.72. The zero-order valence-corrected chi connectivity index (χ0v) is 11.4. The van der Waals surface area contributed by atoms with Crippen molar-refractivity contribution < 1.29 is 0 Å². The predicted molar refractivity (Wildman–Crippen MR) is 75.6 cm³/mol. The average Bonchev–Trinajstić information content (AvgIpc) is 3.14. The van der Waals surface area contributed by atoms with E-state index in [1.165, 1.54) is 12.8 Å². The Labute approximate surface area is 111 Å². The van der Waals surface area contributed by atoms with E-state index in [1.54, 1.807) is 18.1 Å². The number of nitrogens with two attached hydrogens (primary N) is 1. The quantitative estimate of drug-likeness (QED) is 0.483. The zero-order valence-electron chi connectivity index (χ0n) is 9.80. The Morgan fingerprint density at radius 1 is 1.59 bits per heavy atom. The highest BCUT2D eigenvalue weighted by molar-refractivity contribution is 7.98. The molecule has 6 heteroatoms. The summed E-state index contributed by atoms with van der Waals surface area (Å²) in [5.41, 5.74) is 5.56. The Hall–Kier alpha value is -0.880. The Morgan fingerprint density at radius 2 is 2.35 bits per heavy atom. The molecule has 1 fully saturated rings. The van der Waals surface area contributed by atoms with Crippen molar-refractivity contribution in [3.8, 4) is 0 Å². The van der Waals surface area contributed by atoms with Gasteiger partial charge in [0.15, 0.2) is 0 Å². The lowest BCUT2D eigenvalue weighted by Gasteiger charge is -2.23. The molecule has 92 valence electrons. The van der Waals surface area contributed by atoms with Crippen LogP contribution in [0, 0.1) is 0 Å². The van der Waals surface area contributed by atoms with Crippen LogP contribution in [0.4, 0.5) is 5.82 Å². The van der Waals surface area contributed by atoms with E-state index < -0.39 is 0 Å². The van der Waals surface area contributed by atoms with E-state index in [-0.39, 0.29) is 0 Å². The van der Waals surface area contributed by atoms with Crippen molar-refractivity contribution in [1.29, 1.82) is 0 Å². The van der Waals surface area contributed by atoms with Crippen LogP contribution in [0.2, 0.25) is 0 Å². The minimum absolute atomic E-state index is 0.565. The molecule has 0 bridgehead atoms. The minimum Gasteiger partial charge on any atom is -0.393 e. The maximum atomic E-state index is 5.56. The van der Waals surface area contributed by atoms with Gasteiger partial charge < -0.3 is 10.6 Å². The number of rotatable bonds is 6. The van der Waals surface area contributed by atoms with Crippen LogP contribution in [0.5, 0.6) is 0 Å². The molecule has 1 saturated carbocycles. The lowest BCUT2D eigenvalue weighted by molar-refractivity contribution is 0.778. The summed E-state index contributed by atoms with van der Waals surface area (Å²) < 4.78 is 0. The predicted octanol–water partition coefficient (Wildman–Crippen LogP) is 1.84. The van der Waals surface area contributed by atoms with E-state index in [0.717, 1.165) is 23.8 Å². The van der Waals surface area contributed by atoms with Crippen LogP contribution in [-0.2, 0) is 0 Å². The highest BCUT2D eigenvalue weighted by Gasteiger charge is 2.29. The lowest BCUT2D eigenvalue weighted by atomic mass is 10.3. The lowest BCUT2D eigenvalue weighted by Crippen LogP contribution is -2.30. The maximum Gasteiger partial charge on any atom is 0.133 e. The summed E-state index contributed by atoms with van der Waals surface area (Å²) in [6.07, 6.45) is 6.84. The van der Waals surface area contributed by atoms with Crippen molar-refractivity contribution in [3.63, 3.8) is 0 Å². The van der Waals surface area contributed by atoms with Crippen LogP contribution < -0.4 is 10.6 Å². The van der Waals surface area contributed by atoms with Crippen molar-refractivity contribution in [2.45, 2.75) is 30.3 Å². The van der Waals surface area contributed by atoms with Crippen LogP contribution in [-0.4, -0.2) is 33.8 Å². The summed E-state index contributed by atoms with van der Waals surface area (Å²) in [7, 11) is 0. The molecule has 0 atom stereocenters. The largest absolute Gasteiger partial charge is 0.393 e. The number of nitrogens with zero attached hydrogens (tertiary/aromatic N) is 3. The Kier molecular flexibility index (Phi) is 4.17. The first-order valence-corrected chi connectivity index (χ1v) is 7.25. The van der Waals surface area contributed by atoms with Gasteiger partial charge in [-0.05, 0) is 19.1 Å². The van der Waals surface area contributed by atoms with E-state index in [9.17, 15) is 0 Å². The van der Waals surface area contributed by atoms with Crippen LogP contribution in [0.1, 0.15) is 19.3 Å². The van der Waals surface area contributed by atoms with Gasteiger partial charge >= 0.3 is 0 Å². The van der Waals surface area contributed by atoms with E-state index >= 15 is 0 Å². The molecule has 1 aliphatic carbocycles. The smallest absolute Gasteiger partial charge is 0.133 e. The number of thiocarbonyl (C=S) groups is 1. The average molecular weight is 268 g/mol. The molecule has 1 heterocycles. The van der Waals surface area contributed by atoms with E-state index in [4.69, 9.17) is 18.0 Å². The number of thioether (sulfide) groups is 1. The molecule has 0 radical (unpaired) electrons. The standard InChI is InChI=1S/C11H16N4S2/c1-17-11-6-10(13-7-14-11)15(8-2-3-8)5-4-9(12)16/h6-8H,2-5H2,1H3,(H2,12,16). The fourth-order valence-corrected chi connectivity index (χ4v) is 2.17. The Balaban J connectivity index is 2.10. The van der Waals surface area contributed by atoms with Crippen LogP contribution in [0.15, 0.2) is 17.4 Å². The fourth-order valence-electron chi connectivity index (χ4n) is 1.70. The molecule has 0 saturated heterocycles. The van der Waals surface area contributed by atoms with Gasteiger partial charge in [-0.15, -0.1) is 11.8 Å². The number of hydrogen-bond donors (Lipinski definition) is 1. The molecule has 2 rings (SSSR count). The molecule has 4 nitrogen and oxygen atoms in total. The summed E-state index contributed by atoms with van der Waals surface area (Å²) in [5.74, 6) is 0.989. The monoisotopic (exact) mass is 268 g/mol. The molecular formula is C11H16N4S2. The number of aromatic nitrogens is 2. The molecule has 0 unspecified atom stereocenters. The summed E-state index contributed by atoms with van der Waals surface area (Å²) in [6.45, 7) is 0.852. The normalized spacial score (nSPS) is 14.6. The van der Waals surface area contributed by atoms with Gasteiger partial charge in [0.1, 0.15) is 17.2 Å². The second kappa shape index (κ2) is 5.64. The maximum absolute atomic E-state index is 5.56. The van der Waals surface area contributed by atoms with E-state index in [1.807, 2.05) is 12.3 Å². The summed E-state index contributed by atoms with van der Waals surface area (Å²) in [4.78, 5) is 11.4. The second-order valence-corrected chi connectivity index (χ2v) is 5.41. The fraction of sp³-hybridized carbons (Fsp3) is 0.545. The SMILES string of the molecule is CSc1cc(N(CCC(N)=S)C2CC2)ncn1. The van der Waals surface area contributed by atoms with Crippen molar-refractivity contribution in [3.05, 3.63) is 12.4 Å². The van der Waals surface area contributed by atoms with Gasteiger partial charge in [0, 0.05) is 25.1 Å². The number of hydrogen-bond acceptors (Lipinski definition) is 5. The Bertz CT molecular complexity index is 406. The molecule has 0 aliphatic heterocycles. The highest BCUT2D eigenvalue weighted by atomic mass is 32.2. The van der Waals surface area contributed by atoms with Crippen LogP contribution >= 0.6 is 24.0 Å². The molecule has 0 spiro atoms. The highest BCUT2D eigenvalue weighted by Crippen LogP contribution is 2.31. The van der Waals surface area contributed by atoms with Crippen molar-refractivity contribution in [1.82, 2.24) is 9.97 Å². The summed E-state index contributed by atoms with van der Waals surface area (Å²) >= 11 is 6.56. The topological polar surface area (TPSA) is 55.0 Å². The van der Waals surface area contributed by atoms with E-state index in [2.05, 4.69) is 14.9 Å². The van der Waals surface area contributed by atoms with E-state index in [0.29, 0.717) is 11.0 Å². The van der Waals surface area contributed by atoms with Gasteiger partial charge in [0.2, 0.25) is 0 Å². The van der Waals surface area contributed by atoms with Gasteiger partial charge in [-0.3, -0.25) is 0 Å². The van der Waals surface area contributed by atoms with Gasteiger partial charge in [0.25, 0.3) is 0 Å². The first kappa shape index (κ1) is 12.6. The molecule has 0 aromatic carbocycles. The first-order valence-electron chi connectivity index (χ1n) is 5.61. The minimum atomic E-state index is 0.565. The molecular weight excluding hydrogens is 252 g/mol. The first-order chi connectivity index (χ1) is 8.20. The van der Waals surface area contributed by atoms with Gasteiger partial charge in [-0.2, -0.15) is 0 Å². The molecule has 17 heavy (non-hydrogen) atoms. The van der Waals surface area contributed by atoms with Crippen LogP contribution in [0.25, 0.3) is 0 Å². The zero-order chi connectivity index (χ0) is 12.3. The molecule has 2 N–H and O–H groups in total. The van der Waals surface area contributed by atoms with Crippen molar-refractivity contribution in [2.24, 2.45) is 5.73 Å². The van der Waals surface area contributed by atoms with Gasteiger partial charge in [0.05, 0.1) is 4.99 Å². The second-order valence-electron chi connectivity index (χ2n) is 4.06. The molecule has 1 aromatic heterocycles. The Morgan fingerprint density at radius 3 is 2.94 bits per heavy atom. The third kappa shape index (κ3) is 3.54. The van der Waals surface area contributed by atoms with Crippen molar-refractivity contribution in [2.75, 3.05) is 17.7 Å².